The van der Waals surface area contributed by atoms with Gasteiger partial charge in [-0.2, -0.15) is 0 Å². The highest BCUT2D eigenvalue weighted by atomic mass is 16.5. The van der Waals surface area contributed by atoms with Crippen LogP contribution in [0, 0.1) is 6.92 Å². The molecular formula is C25H26N2O4. The van der Waals surface area contributed by atoms with E-state index in [9.17, 15) is 9.59 Å². The number of carbonyl (C=O) groups excluding carboxylic acids is 2. The number of likely N-dealkylation sites (N-methyl/N-ethyl adjacent to an activating group) is 1. The largest absolute Gasteiger partial charge is 0.491 e. The summed E-state index contributed by atoms with van der Waals surface area (Å²) < 4.78 is 11.2. The lowest BCUT2D eigenvalue weighted by Crippen LogP contribution is -2.53. The molecule has 1 aliphatic rings. The summed E-state index contributed by atoms with van der Waals surface area (Å²) in [6, 6.07) is 18.4. The molecule has 4 rings (SSSR count). The minimum atomic E-state index is -0.587. The molecule has 0 N–H and O–H groups in total. The molecule has 1 unspecified atom stereocenters. The zero-order chi connectivity index (χ0) is 21.8. The van der Waals surface area contributed by atoms with Crippen LogP contribution >= 0.6 is 0 Å². The summed E-state index contributed by atoms with van der Waals surface area (Å²) in [5.74, 6) is 0.664. The smallest absolute Gasteiger partial charge is 0.290 e. The van der Waals surface area contributed by atoms with Gasteiger partial charge in [0, 0.05) is 20.0 Å². The second kappa shape index (κ2) is 9.08. The summed E-state index contributed by atoms with van der Waals surface area (Å²) in [6.07, 6.45) is 1.95. The van der Waals surface area contributed by atoms with Crippen molar-refractivity contribution in [3.05, 3.63) is 89.4 Å². The van der Waals surface area contributed by atoms with Crippen molar-refractivity contribution in [2.45, 2.75) is 25.9 Å². The fourth-order valence-corrected chi connectivity index (χ4v) is 3.87. The van der Waals surface area contributed by atoms with Crippen LogP contribution in [-0.4, -0.2) is 47.9 Å². The van der Waals surface area contributed by atoms with Crippen LogP contribution in [-0.2, 0) is 17.8 Å². The number of ether oxygens (including phenoxy) is 1. The maximum Gasteiger partial charge on any atom is 0.290 e. The van der Waals surface area contributed by atoms with E-state index >= 15 is 0 Å². The number of para-hydroxylation sites is 1. The van der Waals surface area contributed by atoms with E-state index in [0.29, 0.717) is 26.1 Å². The summed E-state index contributed by atoms with van der Waals surface area (Å²) in [5, 5.41) is 0. The average Bonchev–Trinajstić information content (AvgIpc) is 3.33. The predicted octanol–water partition coefficient (Wildman–Crippen LogP) is 3.69. The van der Waals surface area contributed by atoms with Crippen LogP contribution in [0.4, 0.5) is 0 Å². The minimum absolute atomic E-state index is 0.109. The third-order valence-electron chi connectivity index (χ3n) is 5.68. The Bertz CT molecular complexity index is 1060. The Morgan fingerprint density at radius 3 is 2.55 bits per heavy atom. The van der Waals surface area contributed by atoms with Gasteiger partial charge >= 0.3 is 0 Å². The lowest BCUT2D eigenvalue weighted by atomic mass is 9.93. The van der Waals surface area contributed by atoms with Gasteiger partial charge in [0.25, 0.3) is 5.91 Å². The first-order valence-electron chi connectivity index (χ1n) is 10.4. The number of rotatable bonds is 6. The van der Waals surface area contributed by atoms with Crippen molar-refractivity contribution in [2.24, 2.45) is 0 Å². The molecule has 6 heteroatoms. The number of nitrogens with zero attached hydrogens (tertiary/aromatic N) is 2. The monoisotopic (exact) mass is 418 g/mol. The van der Waals surface area contributed by atoms with Crippen LogP contribution < -0.4 is 4.74 Å². The first-order valence-corrected chi connectivity index (χ1v) is 10.4. The summed E-state index contributed by atoms with van der Waals surface area (Å²) >= 11 is 0. The molecule has 0 saturated heterocycles. The maximum absolute atomic E-state index is 13.3. The number of fused-ring (bicyclic) bond motifs is 1. The van der Waals surface area contributed by atoms with Gasteiger partial charge in [-0.15, -0.1) is 0 Å². The highest BCUT2D eigenvalue weighted by Gasteiger charge is 2.37. The zero-order valence-electron chi connectivity index (χ0n) is 17.8. The molecule has 6 nitrogen and oxygen atoms in total. The van der Waals surface area contributed by atoms with Crippen molar-refractivity contribution < 1.29 is 18.7 Å². The average molecular weight is 418 g/mol. The molecular weight excluding hydrogens is 392 g/mol. The van der Waals surface area contributed by atoms with Crippen molar-refractivity contribution in [1.82, 2.24) is 9.80 Å². The highest BCUT2D eigenvalue weighted by Crippen LogP contribution is 2.26. The molecule has 0 saturated carbocycles. The maximum atomic E-state index is 13.3. The molecule has 0 spiro atoms. The molecule has 2 heterocycles. The topological polar surface area (TPSA) is 63.0 Å². The van der Waals surface area contributed by atoms with Gasteiger partial charge in [0.2, 0.25) is 5.91 Å². The van der Waals surface area contributed by atoms with E-state index in [4.69, 9.17) is 9.15 Å². The van der Waals surface area contributed by atoms with Gasteiger partial charge in [0.15, 0.2) is 5.76 Å². The summed E-state index contributed by atoms with van der Waals surface area (Å²) in [4.78, 5) is 29.7. The number of furan rings is 1. The van der Waals surface area contributed by atoms with Crippen LogP contribution in [0.1, 0.15) is 27.2 Å². The van der Waals surface area contributed by atoms with E-state index < -0.39 is 6.04 Å². The van der Waals surface area contributed by atoms with Crippen LogP contribution in [0.25, 0.3) is 0 Å². The fraction of sp³-hybridized carbons (Fsp3) is 0.280. The van der Waals surface area contributed by atoms with Gasteiger partial charge in [-0.25, -0.2) is 0 Å². The van der Waals surface area contributed by atoms with Crippen molar-refractivity contribution in [3.8, 4) is 5.75 Å². The van der Waals surface area contributed by atoms with Crippen LogP contribution in [0.2, 0.25) is 0 Å². The number of hydrogen-bond donors (Lipinski definition) is 0. The van der Waals surface area contributed by atoms with Crippen molar-refractivity contribution in [2.75, 3.05) is 20.2 Å². The molecule has 1 aromatic heterocycles. The van der Waals surface area contributed by atoms with E-state index in [-0.39, 0.29) is 17.6 Å². The summed E-state index contributed by atoms with van der Waals surface area (Å²) in [5.41, 5.74) is 3.20. The SMILES string of the molecule is Cc1ccccc1OCCN(C)C(=O)C1Cc2ccccc2CN1C(=O)c1ccco1. The molecule has 1 aliphatic heterocycles. The van der Waals surface area contributed by atoms with E-state index in [1.165, 1.54) is 6.26 Å². The lowest BCUT2D eigenvalue weighted by molar-refractivity contribution is -0.135. The Labute approximate surface area is 182 Å². The molecule has 0 bridgehead atoms. The van der Waals surface area contributed by atoms with Crippen LogP contribution in [0.15, 0.2) is 71.3 Å². The Hall–Kier alpha value is -3.54. The third-order valence-corrected chi connectivity index (χ3v) is 5.68. The normalized spacial score (nSPS) is 15.3. The molecule has 160 valence electrons. The van der Waals surface area contributed by atoms with Crippen LogP contribution in [0.5, 0.6) is 5.75 Å². The van der Waals surface area contributed by atoms with Gasteiger partial charge in [-0.05, 0) is 41.8 Å². The Balaban J connectivity index is 1.48. The van der Waals surface area contributed by atoms with E-state index in [2.05, 4.69) is 0 Å². The number of benzene rings is 2. The molecule has 2 amide bonds. The van der Waals surface area contributed by atoms with Gasteiger partial charge < -0.3 is 19.0 Å². The lowest BCUT2D eigenvalue weighted by Gasteiger charge is -2.37. The molecule has 31 heavy (non-hydrogen) atoms. The fourth-order valence-electron chi connectivity index (χ4n) is 3.87. The molecule has 0 radical (unpaired) electrons. The molecule has 0 fully saturated rings. The molecule has 2 aromatic carbocycles. The number of aryl methyl sites for hydroxylation is 1. The van der Waals surface area contributed by atoms with E-state index in [1.807, 2.05) is 55.5 Å². The predicted molar refractivity (Wildman–Crippen MR) is 117 cm³/mol. The Kier molecular flexibility index (Phi) is 6.07. The highest BCUT2D eigenvalue weighted by molar-refractivity contribution is 5.96. The summed E-state index contributed by atoms with van der Waals surface area (Å²) in [7, 11) is 1.75. The molecule has 3 aromatic rings. The van der Waals surface area contributed by atoms with Gasteiger partial charge in [0.05, 0.1) is 12.8 Å². The standard InChI is InChI=1S/C25H26N2O4/c1-18-8-3-6-11-22(18)31-15-13-26(2)24(28)21-16-19-9-4-5-10-20(19)17-27(21)25(29)23-12-7-14-30-23/h3-12,14,21H,13,15-17H2,1-2H3. The van der Waals surface area contributed by atoms with Crippen molar-refractivity contribution in [3.63, 3.8) is 0 Å². The van der Waals surface area contributed by atoms with Crippen LogP contribution in [0.3, 0.4) is 0 Å². The second-order valence-corrected chi connectivity index (χ2v) is 7.77. The zero-order valence-corrected chi connectivity index (χ0v) is 17.8. The third kappa shape index (κ3) is 4.48. The van der Waals surface area contributed by atoms with E-state index in [1.54, 1.807) is 29.0 Å². The van der Waals surface area contributed by atoms with E-state index in [0.717, 1.165) is 22.4 Å². The molecule has 0 aliphatic carbocycles. The number of carbonyl (C=O) groups is 2. The number of hydrogen-bond acceptors (Lipinski definition) is 4. The molecule has 1 atom stereocenters. The number of amides is 2. The van der Waals surface area contributed by atoms with Crippen molar-refractivity contribution in [1.29, 1.82) is 0 Å². The summed E-state index contributed by atoms with van der Waals surface area (Å²) in [6.45, 7) is 3.16. The second-order valence-electron chi connectivity index (χ2n) is 7.77. The first kappa shape index (κ1) is 20.7. The Morgan fingerprint density at radius 2 is 1.81 bits per heavy atom. The van der Waals surface area contributed by atoms with Crippen molar-refractivity contribution >= 4 is 11.8 Å². The minimum Gasteiger partial charge on any atom is -0.491 e. The quantitative estimate of drug-likeness (QED) is 0.613. The first-order chi connectivity index (χ1) is 15.0. The van der Waals surface area contributed by atoms with Gasteiger partial charge in [-0.3, -0.25) is 9.59 Å². The van der Waals surface area contributed by atoms with Gasteiger partial charge in [0.1, 0.15) is 18.4 Å². The Morgan fingerprint density at radius 1 is 1.06 bits per heavy atom. The van der Waals surface area contributed by atoms with Gasteiger partial charge in [-0.1, -0.05) is 42.5 Å².